The Bertz CT molecular complexity index is 645. The number of hydrogen-bond acceptors (Lipinski definition) is 9. The third-order valence-electron chi connectivity index (χ3n) is 8.60. The fourth-order valence-corrected chi connectivity index (χ4v) is 5.81. The van der Waals surface area contributed by atoms with Crippen LogP contribution in [-0.4, -0.2) is 92.5 Å². The summed E-state index contributed by atoms with van der Waals surface area (Å²) in [4.78, 5) is 11.6. The van der Waals surface area contributed by atoms with Gasteiger partial charge in [-0.3, -0.25) is 4.79 Å². The van der Waals surface area contributed by atoms with E-state index in [1.165, 1.54) is 96.3 Å². The van der Waals surface area contributed by atoms with Crippen LogP contribution in [0.3, 0.4) is 0 Å². The van der Waals surface area contributed by atoms with E-state index in [-0.39, 0.29) is 12.4 Å². The molecule has 6 N–H and O–H groups in total. The zero-order chi connectivity index (χ0) is 31.7. The summed E-state index contributed by atoms with van der Waals surface area (Å²) in [5, 5.41) is 58.2. The Morgan fingerprint density at radius 1 is 0.651 bits per heavy atom. The predicted molar refractivity (Wildman–Crippen MR) is 169 cm³/mol. The van der Waals surface area contributed by atoms with Gasteiger partial charge in [-0.15, -0.1) is 0 Å². The van der Waals surface area contributed by atoms with Crippen LogP contribution in [0.2, 0.25) is 0 Å². The standard InChI is InChI=1S/C34H66O9/c1-27(36)25-29(38)22-20-18-16-14-12-10-8-6-4-2-3-5-7-9-11-13-15-17-19-21-28(37)23-24-42-34-33(41)32(40)31(39)30(26-35)43-34/h27-28,30-37,39-41H,2-26H2,1H3/t27?,28?,30-,31-,32+,33+,34+/m1/s1. The SMILES string of the molecule is CC(O)CC(=O)CCCCCCCCCCCCCCCCCCCCCC(O)CCO[C@H]1O[C@H](CO)[C@@H](O)[C@H](O)[C@@H]1O. The highest BCUT2D eigenvalue weighted by Gasteiger charge is 2.43. The van der Waals surface area contributed by atoms with Crippen molar-refractivity contribution in [3.8, 4) is 0 Å². The Morgan fingerprint density at radius 3 is 1.53 bits per heavy atom. The number of carbonyl (C=O) groups excluding carboxylic acids is 1. The van der Waals surface area contributed by atoms with Gasteiger partial charge in [0.05, 0.1) is 25.4 Å². The van der Waals surface area contributed by atoms with Crippen LogP contribution in [0.1, 0.15) is 155 Å². The van der Waals surface area contributed by atoms with Crippen molar-refractivity contribution >= 4 is 5.78 Å². The monoisotopic (exact) mass is 618 g/mol. The van der Waals surface area contributed by atoms with E-state index in [1.807, 2.05) is 0 Å². The number of aliphatic hydroxyl groups excluding tert-OH is 6. The summed E-state index contributed by atoms with van der Waals surface area (Å²) in [6.45, 7) is 1.34. The van der Waals surface area contributed by atoms with E-state index < -0.39 is 49.5 Å². The van der Waals surface area contributed by atoms with E-state index in [1.54, 1.807) is 6.92 Å². The summed E-state index contributed by atoms with van der Waals surface area (Å²) < 4.78 is 10.8. The van der Waals surface area contributed by atoms with Crippen LogP contribution >= 0.6 is 0 Å². The zero-order valence-corrected chi connectivity index (χ0v) is 27.1. The van der Waals surface area contributed by atoms with Crippen molar-refractivity contribution in [3.63, 3.8) is 0 Å². The Hall–Kier alpha value is -0.650. The molecule has 0 saturated carbocycles. The molecule has 0 radical (unpaired) electrons. The molecule has 0 aromatic carbocycles. The second-order valence-electron chi connectivity index (χ2n) is 12.9. The van der Waals surface area contributed by atoms with Gasteiger partial charge in [0.15, 0.2) is 6.29 Å². The van der Waals surface area contributed by atoms with Gasteiger partial charge in [0.2, 0.25) is 0 Å². The van der Waals surface area contributed by atoms with Crippen molar-refractivity contribution in [1.82, 2.24) is 0 Å². The fourth-order valence-electron chi connectivity index (χ4n) is 5.81. The first-order valence-electron chi connectivity index (χ1n) is 17.6. The summed E-state index contributed by atoms with van der Waals surface area (Å²) in [5.74, 6) is 0.192. The molecule has 0 amide bonds. The minimum Gasteiger partial charge on any atom is -0.394 e. The van der Waals surface area contributed by atoms with Crippen LogP contribution in [0.25, 0.3) is 0 Å². The van der Waals surface area contributed by atoms with Crippen molar-refractivity contribution in [1.29, 1.82) is 0 Å². The molecule has 256 valence electrons. The average Bonchev–Trinajstić information content (AvgIpc) is 2.97. The Morgan fingerprint density at radius 2 is 1.09 bits per heavy atom. The molecule has 7 atom stereocenters. The molecule has 2 unspecified atom stereocenters. The lowest BCUT2D eigenvalue weighted by molar-refractivity contribution is -0.301. The highest BCUT2D eigenvalue weighted by Crippen LogP contribution is 2.22. The Kier molecular flexibility index (Phi) is 24.9. The van der Waals surface area contributed by atoms with E-state index in [0.29, 0.717) is 25.7 Å². The molecule has 0 aromatic heterocycles. The fraction of sp³-hybridized carbons (Fsp3) is 0.971. The van der Waals surface area contributed by atoms with Gasteiger partial charge >= 0.3 is 0 Å². The normalized spacial score (nSPS) is 23.8. The number of rotatable bonds is 29. The van der Waals surface area contributed by atoms with Crippen LogP contribution in [0.15, 0.2) is 0 Å². The average molecular weight is 619 g/mol. The van der Waals surface area contributed by atoms with Gasteiger partial charge in [0.1, 0.15) is 30.2 Å². The number of hydrogen-bond donors (Lipinski definition) is 6. The van der Waals surface area contributed by atoms with Crippen molar-refractivity contribution in [2.75, 3.05) is 13.2 Å². The molecule has 0 bridgehead atoms. The maximum absolute atomic E-state index is 11.6. The number of ether oxygens (including phenoxy) is 2. The minimum absolute atomic E-state index is 0.156. The van der Waals surface area contributed by atoms with Crippen LogP contribution in [0, 0.1) is 0 Å². The highest BCUT2D eigenvalue weighted by atomic mass is 16.7. The van der Waals surface area contributed by atoms with Crippen LogP contribution in [0.5, 0.6) is 0 Å². The number of aliphatic hydroxyl groups is 6. The largest absolute Gasteiger partial charge is 0.394 e. The van der Waals surface area contributed by atoms with Crippen molar-refractivity contribution in [3.05, 3.63) is 0 Å². The van der Waals surface area contributed by atoms with Gasteiger partial charge < -0.3 is 40.1 Å². The third-order valence-corrected chi connectivity index (χ3v) is 8.60. The highest BCUT2D eigenvalue weighted by molar-refractivity contribution is 5.78. The molecule has 1 fully saturated rings. The maximum Gasteiger partial charge on any atom is 0.186 e. The summed E-state index contributed by atoms with van der Waals surface area (Å²) >= 11 is 0. The number of carbonyl (C=O) groups is 1. The number of unbranched alkanes of at least 4 members (excludes halogenated alkanes) is 18. The van der Waals surface area contributed by atoms with E-state index >= 15 is 0 Å². The second-order valence-corrected chi connectivity index (χ2v) is 12.9. The number of Topliss-reactive ketones (excluding diaryl/α,β-unsaturated/α-hetero) is 1. The first-order valence-corrected chi connectivity index (χ1v) is 17.6. The molecule has 9 nitrogen and oxygen atoms in total. The van der Waals surface area contributed by atoms with Gasteiger partial charge in [-0.25, -0.2) is 0 Å². The molecule has 1 rings (SSSR count). The van der Waals surface area contributed by atoms with Crippen molar-refractivity contribution in [2.24, 2.45) is 0 Å². The van der Waals surface area contributed by atoms with E-state index in [0.717, 1.165) is 25.7 Å². The van der Waals surface area contributed by atoms with Gasteiger partial charge in [-0.05, 0) is 26.2 Å². The first-order chi connectivity index (χ1) is 20.8. The Balaban J connectivity index is 1.79. The lowest BCUT2D eigenvalue weighted by Crippen LogP contribution is -2.59. The van der Waals surface area contributed by atoms with E-state index in [4.69, 9.17) is 9.47 Å². The van der Waals surface area contributed by atoms with E-state index in [9.17, 15) is 35.4 Å². The predicted octanol–water partition coefficient (Wildman–Crippen LogP) is 5.09. The maximum atomic E-state index is 11.6. The van der Waals surface area contributed by atoms with Gasteiger partial charge in [-0.1, -0.05) is 116 Å². The Labute approximate surface area is 261 Å². The summed E-state index contributed by atoms with van der Waals surface area (Å²) in [7, 11) is 0. The zero-order valence-electron chi connectivity index (χ0n) is 27.1. The van der Waals surface area contributed by atoms with Crippen LogP contribution in [-0.2, 0) is 14.3 Å². The summed E-state index contributed by atoms with van der Waals surface area (Å²) in [6, 6.07) is 0. The molecular formula is C34H66O9. The second kappa shape index (κ2) is 26.6. The molecule has 1 heterocycles. The molecule has 0 aromatic rings. The van der Waals surface area contributed by atoms with Crippen molar-refractivity contribution < 1.29 is 44.9 Å². The first kappa shape index (κ1) is 40.4. The van der Waals surface area contributed by atoms with Crippen LogP contribution in [0.4, 0.5) is 0 Å². The van der Waals surface area contributed by atoms with Gasteiger partial charge in [0, 0.05) is 12.8 Å². The van der Waals surface area contributed by atoms with E-state index in [2.05, 4.69) is 0 Å². The third kappa shape index (κ3) is 20.9. The molecule has 43 heavy (non-hydrogen) atoms. The molecular weight excluding hydrogens is 552 g/mol. The summed E-state index contributed by atoms with van der Waals surface area (Å²) in [5.41, 5.74) is 0. The molecule has 1 aliphatic rings. The smallest absolute Gasteiger partial charge is 0.186 e. The number of ketones is 1. The molecule has 0 spiro atoms. The molecule has 1 aliphatic heterocycles. The molecule has 1 saturated heterocycles. The van der Waals surface area contributed by atoms with Gasteiger partial charge in [-0.2, -0.15) is 0 Å². The van der Waals surface area contributed by atoms with Crippen molar-refractivity contribution in [2.45, 2.75) is 198 Å². The van der Waals surface area contributed by atoms with Crippen LogP contribution < -0.4 is 0 Å². The topological polar surface area (TPSA) is 157 Å². The quantitative estimate of drug-likeness (QED) is 0.0629. The minimum atomic E-state index is -1.45. The van der Waals surface area contributed by atoms with Gasteiger partial charge in [0.25, 0.3) is 0 Å². The summed E-state index contributed by atoms with van der Waals surface area (Å²) in [6.07, 6.45) is 18.4. The molecule has 0 aliphatic carbocycles. The lowest BCUT2D eigenvalue weighted by atomic mass is 9.99. The lowest BCUT2D eigenvalue weighted by Gasteiger charge is -2.39. The molecule has 9 heteroatoms.